The lowest BCUT2D eigenvalue weighted by Crippen LogP contribution is -2.62. The fourth-order valence-corrected chi connectivity index (χ4v) is 6.17. The monoisotopic (exact) mass is 399 g/mol. The summed E-state index contributed by atoms with van der Waals surface area (Å²) in [6.45, 7) is 3.42. The number of benzene rings is 1. The maximum Gasteiger partial charge on any atom is 0.321 e. The lowest BCUT2D eigenvalue weighted by atomic mass is 9.53. The Kier molecular flexibility index (Phi) is 5.81. The molecule has 1 aromatic rings. The maximum absolute atomic E-state index is 12.5. The van der Waals surface area contributed by atoms with Crippen LogP contribution >= 0.6 is 0 Å². The number of hydrogen-bond acceptors (Lipinski definition) is 4. The van der Waals surface area contributed by atoms with Gasteiger partial charge < -0.3 is 10.1 Å². The summed E-state index contributed by atoms with van der Waals surface area (Å²) in [5, 5.41) is 5.74. The molecule has 3 amide bonds. The minimum atomic E-state index is -0.327. The smallest absolute Gasteiger partial charge is 0.321 e. The van der Waals surface area contributed by atoms with Crippen molar-refractivity contribution in [2.24, 2.45) is 17.8 Å². The first-order valence-electron chi connectivity index (χ1n) is 11.0. The van der Waals surface area contributed by atoms with Gasteiger partial charge >= 0.3 is 6.03 Å². The Morgan fingerprint density at radius 1 is 1.07 bits per heavy atom. The van der Waals surface area contributed by atoms with E-state index in [9.17, 15) is 9.59 Å². The van der Waals surface area contributed by atoms with E-state index in [1.54, 1.807) is 0 Å². The second-order valence-corrected chi connectivity index (χ2v) is 9.45. The van der Waals surface area contributed by atoms with Crippen LogP contribution in [-0.4, -0.2) is 42.6 Å². The quantitative estimate of drug-likeness (QED) is 0.738. The number of rotatable bonds is 7. The van der Waals surface area contributed by atoms with Gasteiger partial charge in [-0.25, -0.2) is 4.79 Å². The Labute approximate surface area is 173 Å². The molecule has 4 bridgehead atoms. The summed E-state index contributed by atoms with van der Waals surface area (Å²) in [6, 6.07) is 7.54. The van der Waals surface area contributed by atoms with Gasteiger partial charge in [-0.2, -0.15) is 0 Å². The van der Waals surface area contributed by atoms with Crippen LogP contribution in [0.25, 0.3) is 0 Å². The maximum atomic E-state index is 12.5. The summed E-state index contributed by atoms with van der Waals surface area (Å²) in [4.78, 5) is 26.8. The Morgan fingerprint density at radius 2 is 1.66 bits per heavy atom. The lowest BCUT2D eigenvalue weighted by molar-refractivity contribution is -0.121. The minimum absolute atomic E-state index is 0.0761. The second-order valence-electron chi connectivity index (χ2n) is 9.45. The third-order valence-electron chi connectivity index (χ3n) is 6.77. The molecule has 29 heavy (non-hydrogen) atoms. The van der Waals surface area contributed by atoms with Crippen LogP contribution in [0.15, 0.2) is 24.3 Å². The van der Waals surface area contributed by atoms with Crippen LogP contribution in [0.3, 0.4) is 0 Å². The first kappa shape index (κ1) is 20.2. The van der Waals surface area contributed by atoms with Crippen molar-refractivity contribution in [3.05, 3.63) is 29.8 Å². The molecule has 0 aromatic heterocycles. The number of urea groups is 1. The number of carbonyl (C=O) groups is 2. The highest BCUT2D eigenvalue weighted by molar-refractivity contribution is 5.95. The Hall–Kier alpha value is -2.08. The molecule has 4 aliphatic carbocycles. The third kappa shape index (κ3) is 4.92. The van der Waals surface area contributed by atoms with Gasteiger partial charge in [0, 0.05) is 12.1 Å². The molecule has 4 aliphatic rings. The van der Waals surface area contributed by atoms with Crippen molar-refractivity contribution in [1.82, 2.24) is 15.5 Å². The normalized spacial score (nSPS) is 29.7. The molecule has 4 fully saturated rings. The van der Waals surface area contributed by atoms with Crippen molar-refractivity contribution in [3.8, 4) is 5.75 Å². The zero-order valence-corrected chi connectivity index (χ0v) is 17.6. The molecule has 0 spiro atoms. The average Bonchev–Trinajstić information content (AvgIpc) is 2.61. The Morgan fingerprint density at radius 3 is 2.21 bits per heavy atom. The van der Waals surface area contributed by atoms with Gasteiger partial charge in [0.05, 0.1) is 13.2 Å². The lowest BCUT2D eigenvalue weighted by Gasteiger charge is -2.56. The third-order valence-corrected chi connectivity index (χ3v) is 6.77. The van der Waals surface area contributed by atoms with E-state index in [0.29, 0.717) is 13.2 Å². The van der Waals surface area contributed by atoms with Crippen LogP contribution < -0.4 is 15.4 Å². The first-order valence-corrected chi connectivity index (χ1v) is 11.0. The van der Waals surface area contributed by atoms with Crippen LogP contribution in [-0.2, 0) is 11.3 Å². The summed E-state index contributed by atoms with van der Waals surface area (Å²) in [5.74, 6) is 2.87. The van der Waals surface area contributed by atoms with E-state index in [-0.39, 0.29) is 24.0 Å². The van der Waals surface area contributed by atoms with Gasteiger partial charge in [-0.1, -0.05) is 12.1 Å². The largest absolute Gasteiger partial charge is 0.494 e. The van der Waals surface area contributed by atoms with Crippen LogP contribution in [0.5, 0.6) is 5.75 Å². The predicted molar refractivity (Wildman–Crippen MR) is 112 cm³/mol. The molecule has 0 radical (unpaired) electrons. The number of imide groups is 1. The number of amides is 3. The van der Waals surface area contributed by atoms with Crippen molar-refractivity contribution in [1.29, 1.82) is 0 Å². The number of nitrogens with zero attached hydrogens (tertiary/aromatic N) is 1. The molecule has 0 heterocycles. The van der Waals surface area contributed by atoms with Crippen molar-refractivity contribution in [2.75, 3.05) is 20.2 Å². The van der Waals surface area contributed by atoms with Crippen molar-refractivity contribution in [3.63, 3.8) is 0 Å². The number of nitrogens with one attached hydrogen (secondary N) is 2. The zero-order chi connectivity index (χ0) is 20.4. The van der Waals surface area contributed by atoms with E-state index in [1.807, 2.05) is 43.1 Å². The van der Waals surface area contributed by atoms with Crippen LogP contribution in [0, 0.1) is 17.8 Å². The van der Waals surface area contributed by atoms with Gasteiger partial charge in [0.15, 0.2) is 0 Å². The summed E-state index contributed by atoms with van der Waals surface area (Å²) >= 11 is 0. The van der Waals surface area contributed by atoms with E-state index < -0.39 is 0 Å². The molecular formula is C23H33N3O3. The fraction of sp³-hybridized carbons (Fsp3) is 0.652. The topological polar surface area (TPSA) is 70.7 Å². The summed E-state index contributed by atoms with van der Waals surface area (Å²) in [7, 11) is 1.88. The molecule has 0 aliphatic heterocycles. The molecular weight excluding hydrogens is 366 g/mol. The molecule has 158 valence electrons. The Balaban J connectivity index is 1.23. The van der Waals surface area contributed by atoms with Crippen LogP contribution in [0.1, 0.15) is 51.0 Å². The van der Waals surface area contributed by atoms with E-state index in [4.69, 9.17) is 4.74 Å². The average molecular weight is 400 g/mol. The SMILES string of the molecule is CCOc1ccc(CN(C)CC(=O)NC(=O)NC23CC4CC(CC(C4)C2)C3)cc1. The second kappa shape index (κ2) is 8.34. The standard InChI is InChI=1S/C23H33N3O3/c1-3-29-20-6-4-16(5-7-20)14-26(2)15-21(27)24-22(28)25-23-11-17-8-18(12-23)10-19(9-17)13-23/h4-7,17-19H,3,8-15H2,1-2H3,(H2,24,25,27,28). The zero-order valence-electron chi connectivity index (χ0n) is 17.6. The summed E-state index contributed by atoms with van der Waals surface area (Å²) in [5.41, 5.74) is 1.02. The fourth-order valence-electron chi connectivity index (χ4n) is 6.17. The number of ether oxygens (including phenoxy) is 1. The van der Waals surface area contributed by atoms with E-state index in [1.165, 1.54) is 19.3 Å². The van der Waals surface area contributed by atoms with Gasteiger partial charge in [0.2, 0.25) is 5.91 Å². The van der Waals surface area contributed by atoms with Crippen LogP contribution in [0.4, 0.5) is 4.79 Å². The van der Waals surface area contributed by atoms with Crippen LogP contribution in [0.2, 0.25) is 0 Å². The molecule has 1 aromatic carbocycles. The van der Waals surface area contributed by atoms with Crippen molar-refractivity contribution >= 4 is 11.9 Å². The van der Waals surface area contributed by atoms with Gasteiger partial charge in [-0.05, 0) is 87.9 Å². The number of likely N-dealkylation sites (N-methyl/N-ethyl adjacent to an activating group) is 1. The molecule has 0 atom stereocenters. The highest BCUT2D eigenvalue weighted by Crippen LogP contribution is 2.55. The molecule has 0 saturated heterocycles. The van der Waals surface area contributed by atoms with Crippen molar-refractivity contribution < 1.29 is 14.3 Å². The highest BCUT2D eigenvalue weighted by Gasteiger charge is 2.51. The van der Waals surface area contributed by atoms with Gasteiger partial charge in [-0.15, -0.1) is 0 Å². The van der Waals surface area contributed by atoms with E-state index in [2.05, 4.69) is 10.6 Å². The molecule has 0 unspecified atom stereocenters. The van der Waals surface area contributed by atoms with Gasteiger partial charge in [0.25, 0.3) is 0 Å². The van der Waals surface area contributed by atoms with Gasteiger partial charge in [-0.3, -0.25) is 15.0 Å². The predicted octanol–water partition coefficient (Wildman–Crippen LogP) is 3.31. The summed E-state index contributed by atoms with van der Waals surface area (Å²) in [6.07, 6.45) is 7.24. The number of carbonyl (C=O) groups excluding carboxylic acids is 2. The molecule has 2 N–H and O–H groups in total. The van der Waals surface area contributed by atoms with E-state index in [0.717, 1.165) is 48.3 Å². The Bertz CT molecular complexity index is 711. The summed E-state index contributed by atoms with van der Waals surface area (Å²) < 4.78 is 5.45. The molecule has 4 saturated carbocycles. The minimum Gasteiger partial charge on any atom is -0.494 e. The molecule has 6 nitrogen and oxygen atoms in total. The molecule has 5 rings (SSSR count). The van der Waals surface area contributed by atoms with E-state index >= 15 is 0 Å². The van der Waals surface area contributed by atoms with Crippen molar-refractivity contribution in [2.45, 2.75) is 57.5 Å². The van der Waals surface area contributed by atoms with Gasteiger partial charge in [0.1, 0.15) is 5.75 Å². The molecule has 6 heteroatoms. The number of hydrogen-bond donors (Lipinski definition) is 2. The highest BCUT2D eigenvalue weighted by atomic mass is 16.5. The first-order chi connectivity index (χ1) is 13.9.